The number of hydrogen-bond donors (Lipinski definition) is 1. The van der Waals surface area contributed by atoms with E-state index in [-0.39, 0.29) is 17.6 Å². The number of carboxylic acid groups (broad SMARTS) is 1. The van der Waals surface area contributed by atoms with Gasteiger partial charge in [-0.05, 0) is 44.1 Å². The maximum atomic E-state index is 11.5. The highest BCUT2D eigenvalue weighted by Crippen LogP contribution is 2.35. The summed E-state index contributed by atoms with van der Waals surface area (Å²) in [6.07, 6.45) is 5.73. The fraction of sp³-hybridized carbons (Fsp3) is 0.929. The lowest BCUT2D eigenvalue weighted by atomic mass is 9.76. The average Bonchev–Trinajstić information content (AvgIpc) is 2.28. The molecule has 2 aliphatic rings. The molecule has 0 saturated carbocycles. The third-order valence-electron chi connectivity index (χ3n) is 4.32. The molecule has 2 unspecified atom stereocenters. The Labute approximate surface area is 109 Å². The van der Waals surface area contributed by atoms with Crippen molar-refractivity contribution in [2.24, 2.45) is 5.41 Å². The Morgan fingerprint density at radius 2 is 2.17 bits per heavy atom. The molecule has 1 N–H and O–H groups in total. The smallest absolute Gasteiger partial charge is 0.321 e. The molecule has 4 nitrogen and oxygen atoms in total. The summed E-state index contributed by atoms with van der Waals surface area (Å²) in [4.78, 5) is 13.7. The summed E-state index contributed by atoms with van der Waals surface area (Å²) in [5.41, 5.74) is -0.140. The van der Waals surface area contributed by atoms with Gasteiger partial charge in [0.2, 0.25) is 0 Å². The number of carbonyl (C=O) groups is 1. The molecule has 0 spiro atoms. The first-order valence-corrected chi connectivity index (χ1v) is 7.09. The SMILES string of the molecule is CC1(C)CCCN(CC2CCCCO2)C1C(=O)O. The van der Waals surface area contributed by atoms with Crippen LogP contribution in [0.25, 0.3) is 0 Å². The van der Waals surface area contributed by atoms with Crippen LogP contribution >= 0.6 is 0 Å². The Balaban J connectivity index is 2.02. The van der Waals surface area contributed by atoms with Gasteiger partial charge < -0.3 is 9.84 Å². The number of piperidine rings is 1. The lowest BCUT2D eigenvalue weighted by molar-refractivity contribution is -0.152. The Morgan fingerprint density at radius 1 is 1.39 bits per heavy atom. The Kier molecular flexibility index (Phi) is 4.28. The fourth-order valence-corrected chi connectivity index (χ4v) is 3.40. The van der Waals surface area contributed by atoms with E-state index < -0.39 is 5.97 Å². The van der Waals surface area contributed by atoms with Gasteiger partial charge in [0.25, 0.3) is 0 Å². The lowest BCUT2D eigenvalue weighted by Crippen LogP contribution is -2.56. The molecule has 0 aromatic rings. The van der Waals surface area contributed by atoms with E-state index in [0.717, 1.165) is 45.4 Å². The van der Waals surface area contributed by atoms with Gasteiger partial charge in [-0.2, -0.15) is 0 Å². The molecule has 2 atom stereocenters. The monoisotopic (exact) mass is 255 g/mol. The third kappa shape index (κ3) is 3.04. The van der Waals surface area contributed by atoms with Crippen LogP contribution in [-0.4, -0.2) is 47.8 Å². The number of hydrogen-bond acceptors (Lipinski definition) is 3. The van der Waals surface area contributed by atoms with Crippen LogP contribution in [0.4, 0.5) is 0 Å². The summed E-state index contributed by atoms with van der Waals surface area (Å²) in [5, 5.41) is 9.49. The van der Waals surface area contributed by atoms with Crippen molar-refractivity contribution in [3.05, 3.63) is 0 Å². The number of rotatable bonds is 3. The molecule has 2 heterocycles. The maximum Gasteiger partial charge on any atom is 0.321 e. The van der Waals surface area contributed by atoms with Crippen molar-refractivity contribution in [2.45, 2.75) is 58.1 Å². The molecule has 0 radical (unpaired) electrons. The Bertz CT molecular complexity index is 297. The summed E-state index contributed by atoms with van der Waals surface area (Å²) in [6, 6.07) is -0.364. The Hall–Kier alpha value is -0.610. The van der Waals surface area contributed by atoms with Crippen LogP contribution < -0.4 is 0 Å². The second-order valence-electron chi connectivity index (χ2n) is 6.32. The zero-order chi connectivity index (χ0) is 13.2. The molecular formula is C14H25NO3. The number of aliphatic carboxylic acids is 1. The van der Waals surface area contributed by atoms with E-state index in [2.05, 4.69) is 18.7 Å². The number of carboxylic acids is 1. The summed E-state index contributed by atoms with van der Waals surface area (Å²) < 4.78 is 5.74. The minimum atomic E-state index is -0.685. The largest absolute Gasteiger partial charge is 0.480 e. The molecular weight excluding hydrogens is 230 g/mol. The topological polar surface area (TPSA) is 49.8 Å². The van der Waals surface area contributed by atoms with Crippen LogP contribution in [-0.2, 0) is 9.53 Å². The van der Waals surface area contributed by atoms with Crippen LogP contribution in [0.5, 0.6) is 0 Å². The molecule has 0 aromatic carbocycles. The predicted octanol–water partition coefficient (Wildman–Crippen LogP) is 2.13. The second-order valence-corrected chi connectivity index (χ2v) is 6.32. The number of likely N-dealkylation sites (tertiary alicyclic amines) is 1. The summed E-state index contributed by atoms with van der Waals surface area (Å²) in [7, 11) is 0. The highest BCUT2D eigenvalue weighted by Gasteiger charge is 2.43. The number of nitrogens with zero attached hydrogens (tertiary/aromatic N) is 1. The van der Waals surface area contributed by atoms with Gasteiger partial charge in [0, 0.05) is 13.2 Å². The van der Waals surface area contributed by atoms with E-state index in [0.29, 0.717) is 0 Å². The summed E-state index contributed by atoms with van der Waals surface area (Å²) in [6.45, 7) is 6.64. The molecule has 18 heavy (non-hydrogen) atoms. The highest BCUT2D eigenvalue weighted by atomic mass is 16.5. The average molecular weight is 255 g/mol. The molecule has 2 rings (SSSR count). The quantitative estimate of drug-likeness (QED) is 0.839. The fourth-order valence-electron chi connectivity index (χ4n) is 3.40. The van der Waals surface area contributed by atoms with Crippen LogP contribution in [0.15, 0.2) is 0 Å². The molecule has 0 bridgehead atoms. The van der Waals surface area contributed by atoms with Crippen molar-refractivity contribution in [3.8, 4) is 0 Å². The molecule has 2 aliphatic heterocycles. The van der Waals surface area contributed by atoms with Gasteiger partial charge in [0.15, 0.2) is 0 Å². The van der Waals surface area contributed by atoms with Gasteiger partial charge in [0.1, 0.15) is 6.04 Å². The van der Waals surface area contributed by atoms with Crippen molar-refractivity contribution in [2.75, 3.05) is 19.7 Å². The van der Waals surface area contributed by atoms with Crippen molar-refractivity contribution >= 4 is 5.97 Å². The summed E-state index contributed by atoms with van der Waals surface area (Å²) in [5.74, 6) is -0.685. The van der Waals surface area contributed by atoms with Crippen LogP contribution in [0.1, 0.15) is 46.0 Å². The van der Waals surface area contributed by atoms with Crippen molar-refractivity contribution < 1.29 is 14.6 Å². The van der Waals surface area contributed by atoms with E-state index in [9.17, 15) is 9.90 Å². The van der Waals surface area contributed by atoms with E-state index in [1.165, 1.54) is 6.42 Å². The van der Waals surface area contributed by atoms with Crippen LogP contribution in [0.3, 0.4) is 0 Å². The molecule has 0 aromatic heterocycles. The van der Waals surface area contributed by atoms with Gasteiger partial charge in [-0.15, -0.1) is 0 Å². The van der Waals surface area contributed by atoms with Crippen molar-refractivity contribution in [3.63, 3.8) is 0 Å². The molecule has 104 valence electrons. The van der Waals surface area contributed by atoms with E-state index >= 15 is 0 Å². The van der Waals surface area contributed by atoms with Crippen LogP contribution in [0.2, 0.25) is 0 Å². The molecule has 4 heteroatoms. The molecule has 0 amide bonds. The summed E-state index contributed by atoms with van der Waals surface area (Å²) >= 11 is 0. The van der Waals surface area contributed by atoms with Gasteiger partial charge in [-0.3, -0.25) is 9.69 Å². The zero-order valence-electron chi connectivity index (χ0n) is 11.5. The first kappa shape index (κ1) is 13.8. The van der Waals surface area contributed by atoms with Gasteiger partial charge >= 0.3 is 5.97 Å². The molecule has 0 aliphatic carbocycles. The highest BCUT2D eigenvalue weighted by molar-refractivity contribution is 5.74. The first-order valence-electron chi connectivity index (χ1n) is 7.09. The Morgan fingerprint density at radius 3 is 2.78 bits per heavy atom. The predicted molar refractivity (Wildman–Crippen MR) is 69.6 cm³/mol. The van der Waals surface area contributed by atoms with Crippen molar-refractivity contribution in [1.29, 1.82) is 0 Å². The van der Waals surface area contributed by atoms with Gasteiger partial charge in [-0.1, -0.05) is 13.8 Å². The van der Waals surface area contributed by atoms with E-state index in [4.69, 9.17) is 4.74 Å². The van der Waals surface area contributed by atoms with Crippen molar-refractivity contribution in [1.82, 2.24) is 4.90 Å². The first-order chi connectivity index (χ1) is 8.50. The van der Waals surface area contributed by atoms with Gasteiger partial charge in [0.05, 0.1) is 6.10 Å². The standard InChI is InChI=1S/C14H25NO3/c1-14(2)7-5-8-15(12(14)13(16)17)10-11-6-3-4-9-18-11/h11-12H,3-10H2,1-2H3,(H,16,17). The minimum absolute atomic E-state index is 0.140. The zero-order valence-corrected chi connectivity index (χ0v) is 11.5. The number of ether oxygens (including phenoxy) is 1. The third-order valence-corrected chi connectivity index (χ3v) is 4.32. The lowest BCUT2D eigenvalue weighted by Gasteiger charge is -2.45. The van der Waals surface area contributed by atoms with E-state index in [1.807, 2.05) is 0 Å². The van der Waals surface area contributed by atoms with Crippen LogP contribution in [0, 0.1) is 5.41 Å². The van der Waals surface area contributed by atoms with E-state index in [1.54, 1.807) is 0 Å². The normalized spacial score (nSPS) is 33.2. The molecule has 2 fully saturated rings. The second kappa shape index (κ2) is 5.57. The van der Waals surface area contributed by atoms with Gasteiger partial charge in [-0.25, -0.2) is 0 Å². The molecule has 2 saturated heterocycles. The maximum absolute atomic E-state index is 11.5. The minimum Gasteiger partial charge on any atom is -0.480 e.